The molecule has 31 heavy (non-hydrogen) atoms. The van der Waals surface area contributed by atoms with E-state index in [1.54, 1.807) is 18.2 Å². The number of rotatable bonds is 7. The van der Waals surface area contributed by atoms with Crippen LogP contribution in [0.3, 0.4) is 0 Å². The molecule has 10 heteroatoms. The van der Waals surface area contributed by atoms with Crippen LogP contribution in [0.1, 0.15) is 35.5 Å². The van der Waals surface area contributed by atoms with Gasteiger partial charge in [-0.05, 0) is 37.5 Å². The highest BCUT2D eigenvalue weighted by atomic mass is 16.5. The van der Waals surface area contributed by atoms with Crippen LogP contribution in [0.5, 0.6) is 5.75 Å². The number of aromatic nitrogens is 1. The van der Waals surface area contributed by atoms with Crippen LogP contribution in [0, 0.1) is 11.3 Å². The molecule has 1 saturated heterocycles. The van der Waals surface area contributed by atoms with Crippen molar-refractivity contribution in [2.45, 2.75) is 37.5 Å². The summed E-state index contributed by atoms with van der Waals surface area (Å²) >= 11 is 0. The maximum Gasteiger partial charge on any atom is 0.407 e. The van der Waals surface area contributed by atoms with E-state index in [1.165, 1.54) is 18.3 Å². The van der Waals surface area contributed by atoms with E-state index in [4.69, 9.17) is 13.9 Å². The maximum atomic E-state index is 12.6. The lowest BCUT2D eigenvalue weighted by molar-refractivity contribution is 0.0899. The first-order chi connectivity index (χ1) is 15.0. The van der Waals surface area contributed by atoms with Crippen LogP contribution in [0.15, 0.2) is 28.9 Å². The van der Waals surface area contributed by atoms with E-state index in [-0.39, 0.29) is 37.2 Å². The summed E-state index contributed by atoms with van der Waals surface area (Å²) in [6.45, 7) is 0.410. The van der Waals surface area contributed by atoms with Crippen LogP contribution >= 0.6 is 0 Å². The number of methoxy groups -OCH3 is 1. The minimum atomic E-state index is -1.06. The first-order valence-corrected chi connectivity index (χ1v) is 9.94. The number of nitrogens with one attached hydrogen (secondary N) is 1. The van der Waals surface area contributed by atoms with Crippen LogP contribution in [-0.4, -0.2) is 65.4 Å². The Morgan fingerprint density at radius 3 is 2.90 bits per heavy atom. The lowest BCUT2D eigenvalue weighted by atomic mass is 10.1. The number of hydrogen-bond donors (Lipinski definition) is 2. The number of nitriles is 1. The summed E-state index contributed by atoms with van der Waals surface area (Å²) in [5.41, 5.74) is 1.40. The molecule has 162 valence electrons. The molecule has 2 fully saturated rings. The number of carboxylic acid groups (broad SMARTS) is 1. The Balaban J connectivity index is 1.48. The molecule has 1 aliphatic carbocycles. The fourth-order valence-electron chi connectivity index (χ4n) is 3.62. The molecule has 2 aromatic rings. The molecule has 1 aromatic carbocycles. The van der Waals surface area contributed by atoms with E-state index in [0.717, 1.165) is 12.8 Å². The number of hydrogen-bond acceptors (Lipinski definition) is 7. The summed E-state index contributed by atoms with van der Waals surface area (Å²) in [6.07, 6.45) is 2.83. The van der Waals surface area contributed by atoms with Gasteiger partial charge in [0.1, 0.15) is 17.7 Å². The molecule has 1 aromatic heterocycles. The highest BCUT2D eigenvalue weighted by molar-refractivity contribution is 5.90. The van der Waals surface area contributed by atoms with Crippen molar-refractivity contribution in [2.75, 3.05) is 20.3 Å². The second kappa shape index (κ2) is 8.65. The SMILES string of the molecule is COCC1C[C@@H](NC(=O)c2nc(-c3cc(C#N)ccc3OC3CC3)co2)CN1C(=O)O. The predicted molar refractivity (Wildman–Crippen MR) is 107 cm³/mol. The average Bonchev–Trinajstić information content (AvgIpc) is 3.26. The van der Waals surface area contributed by atoms with E-state index < -0.39 is 12.0 Å². The van der Waals surface area contributed by atoms with Gasteiger partial charge in [0.25, 0.3) is 5.89 Å². The minimum absolute atomic E-state index is 0.146. The van der Waals surface area contributed by atoms with Crippen molar-refractivity contribution in [3.05, 3.63) is 35.9 Å². The molecule has 2 aliphatic rings. The molecule has 2 atom stereocenters. The summed E-state index contributed by atoms with van der Waals surface area (Å²) in [6, 6.07) is 6.40. The van der Waals surface area contributed by atoms with E-state index in [0.29, 0.717) is 29.0 Å². The molecule has 0 spiro atoms. The smallest absolute Gasteiger partial charge is 0.407 e. The van der Waals surface area contributed by atoms with Crippen molar-refractivity contribution in [2.24, 2.45) is 0 Å². The number of carbonyl (C=O) groups is 2. The number of likely N-dealkylation sites (tertiary alicyclic amines) is 1. The largest absolute Gasteiger partial charge is 0.490 e. The van der Waals surface area contributed by atoms with Crippen molar-refractivity contribution in [3.63, 3.8) is 0 Å². The van der Waals surface area contributed by atoms with Gasteiger partial charge in [0.15, 0.2) is 0 Å². The van der Waals surface area contributed by atoms with Crippen molar-refractivity contribution in [3.8, 4) is 23.1 Å². The van der Waals surface area contributed by atoms with Gasteiger partial charge in [-0.1, -0.05) is 0 Å². The van der Waals surface area contributed by atoms with Gasteiger partial charge in [0.2, 0.25) is 0 Å². The third-order valence-corrected chi connectivity index (χ3v) is 5.26. The van der Waals surface area contributed by atoms with Gasteiger partial charge in [-0.15, -0.1) is 0 Å². The van der Waals surface area contributed by atoms with Gasteiger partial charge in [0.05, 0.1) is 30.4 Å². The zero-order valence-corrected chi connectivity index (χ0v) is 16.9. The second-order valence-electron chi connectivity index (χ2n) is 7.63. The summed E-state index contributed by atoms with van der Waals surface area (Å²) in [4.78, 5) is 29.6. The van der Waals surface area contributed by atoms with Crippen molar-refractivity contribution in [1.82, 2.24) is 15.2 Å². The topological polar surface area (TPSA) is 138 Å². The number of ether oxygens (including phenoxy) is 2. The zero-order valence-electron chi connectivity index (χ0n) is 16.9. The normalized spacial score (nSPS) is 20.3. The molecular weight excluding hydrogens is 404 g/mol. The Labute approximate surface area is 178 Å². The molecule has 0 radical (unpaired) electrons. The molecule has 2 amide bonds. The summed E-state index contributed by atoms with van der Waals surface area (Å²) in [7, 11) is 1.50. The Kier molecular flexibility index (Phi) is 5.77. The zero-order chi connectivity index (χ0) is 22.0. The van der Waals surface area contributed by atoms with E-state index in [1.807, 2.05) is 0 Å². The van der Waals surface area contributed by atoms with Gasteiger partial charge in [-0.3, -0.25) is 4.79 Å². The quantitative estimate of drug-likeness (QED) is 0.687. The first kappa shape index (κ1) is 20.7. The van der Waals surface area contributed by atoms with Crippen LogP contribution in [-0.2, 0) is 4.74 Å². The first-order valence-electron chi connectivity index (χ1n) is 9.94. The molecule has 10 nitrogen and oxygen atoms in total. The molecule has 2 heterocycles. The number of carbonyl (C=O) groups excluding carboxylic acids is 1. The van der Waals surface area contributed by atoms with E-state index >= 15 is 0 Å². The number of oxazole rings is 1. The van der Waals surface area contributed by atoms with Crippen LogP contribution in [0.25, 0.3) is 11.3 Å². The Bertz CT molecular complexity index is 1030. The van der Waals surface area contributed by atoms with Crippen molar-refractivity contribution >= 4 is 12.0 Å². The highest BCUT2D eigenvalue weighted by Gasteiger charge is 2.36. The summed E-state index contributed by atoms with van der Waals surface area (Å²) in [5.74, 6) is -0.107. The van der Waals surface area contributed by atoms with Crippen molar-refractivity contribution in [1.29, 1.82) is 5.26 Å². The van der Waals surface area contributed by atoms with E-state index in [9.17, 15) is 20.0 Å². The molecule has 4 rings (SSSR count). The van der Waals surface area contributed by atoms with Gasteiger partial charge < -0.3 is 29.2 Å². The Hall–Kier alpha value is -3.58. The van der Waals surface area contributed by atoms with Crippen LogP contribution < -0.4 is 10.1 Å². The third-order valence-electron chi connectivity index (χ3n) is 5.26. The molecule has 1 aliphatic heterocycles. The van der Waals surface area contributed by atoms with Crippen LogP contribution in [0.2, 0.25) is 0 Å². The minimum Gasteiger partial charge on any atom is -0.490 e. The lowest BCUT2D eigenvalue weighted by Crippen LogP contribution is -2.39. The monoisotopic (exact) mass is 426 g/mol. The molecule has 1 unspecified atom stereocenters. The lowest BCUT2D eigenvalue weighted by Gasteiger charge is -2.19. The van der Waals surface area contributed by atoms with Crippen molar-refractivity contribution < 1.29 is 28.6 Å². The highest BCUT2D eigenvalue weighted by Crippen LogP contribution is 2.35. The maximum absolute atomic E-state index is 12.6. The predicted octanol–water partition coefficient (Wildman–Crippen LogP) is 2.25. The average molecular weight is 426 g/mol. The van der Waals surface area contributed by atoms with Crippen LogP contribution in [0.4, 0.5) is 4.79 Å². The second-order valence-corrected chi connectivity index (χ2v) is 7.63. The fourth-order valence-corrected chi connectivity index (χ4v) is 3.62. The number of nitrogens with zero attached hydrogens (tertiary/aromatic N) is 3. The summed E-state index contributed by atoms with van der Waals surface area (Å²) in [5, 5.41) is 21.3. The van der Waals surface area contributed by atoms with Gasteiger partial charge in [-0.25, -0.2) is 9.78 Å². The number of amides is 2. The Morgan fingerprint density at radius 1 is 1.42 bits per heavy atom. The summed E-state index contributed by atoms with van der Waals surface area (Å²) < 4.78 is 16.3. The fraction of sp³-hybridized carbons (Fsp3) is 0.429. The van der Waals surface area contributed by atoms with Gasteiger partial charge in [0, 0.05) is 25.3 Å². The van der Waals surface area contributed by atoms with E-state index in [2.05, 4.69) is 16.4 Å². The Morgan fingerprint density at radius 2 is 2.23 bits per heavy atom. The molecule has 1 saturated carbocycles. The standard InChI is InChI=1S/C21H22N4O6/c1-29-10-14-7-13(9-25(14)21(27)28)23-19(26)20-24-17(11-30-20)16-6-12(8-22)2-5-18(16)31-15-3-4-15/h2,5-6,11,13-15H,3-4,7,9-10H2,1H3,(H,23,26)(H,27,28)/t13-,14?/m1/s1. The molecule has 0 bridgehead atoms. The molecular formula is C21H22N4O6. The number of benzene rings is 1. The van der Waals surface area contributed by atoms with Gasteiger partial charge in [-0.2, -0.15) is 5.26 Å². The molecule has 2 N–H and O–H groups in total. The third kappa shape index (κ3) is 4.62. The van der Waals surface area contributed by atoms with Gasteiger partial charge >= 0.3 is 12.0 Å².